The van der Waals surface area contributed by atoms with Crippen LogP contribution in [-0.2, 0) is 4.79 Å². The summed E-state index contributed by atoms with van der Waals surface area (Å²) in [6.07, 6.45) is 0. The van der Waals surface area contributed by atoms with Crippen LogP contribution in [0.3, 0.4) is 0 Å². The molecule has 0 aliphatic rings. The fourth-order valence-corrected chi connectivity index (χ4v) is 1.84. The summed E-state index contributed by atoms with van der Waals surface area (Å²) in [6, 6.07) is 17.6. The van der Waals surface area contributed by atoms with Crippen molar-refractivity contribution in [3.8, 4) is 11.8 Å². The molecule has 0 fully saturated rings. The number of anilines is 2. The lowest BCUT2D eigenvalue weighted by Crippen LogP contribution is -2.21. The molecular weight excluding hydrogens is 292 g/mol. The molecule has 0 aliphatic heterocycles. The van der Waals surface area contributed by atoms with E-state index in [9.17, 15) is 10.1 Å². The van der Waals surface area contributed by atoms with Crippen molar-refractivity contribution in [3.63, 3.8) is 0 Å². The second-order valence-corrected chi connectivity index (χ2v) is 4.57. The maximum atomic E-state index is 12.1. The van der Waals surface area contributed by atoms with E-state index in [0.29, 0.717) is 17.1 Å². The molecule has 0 aliphatic carbocycles. The van der Waals surface area contributed by atoms with Crippen LogP contribution in [0.5, 0.6) is 5.75 Å². The van der Waals surface area contributed by atoms with Crippen LogP contribution < -0.4 is 21.1 Å². The topological polar surface area (TPSA) is 100 Å². The highest BCUT2D eigenvalue weighted by atomic mass is 16.5. The zero-order valence-corrected chi connectivity index (χ0v) is 12.5. The molecule has 0 radical (unpaired) electrons. The molecule has 2 aromatic rings. The predicted octanol–water partition coefficient (Wildman–Crippen LogP) is 2.44. The van der Waals surface area contributed by atoms with Crippen LogP contribution in [0.15, 0.2) is 66.0 Å². The summed E-state index contributed by atoms with van der Waals surface area (Å²) in [5, 5.41) is 14.6. The number of hydrogen-bond acceptors (Lipinski definition) is 5. The Morgan fingerprint density at radius 3 is 2.22 bits per heavy atom. The molecular formula is C17H16N4O2. The predicted molar refractivity (Wildman–Crippen MR) is 88.5 cm³/mol. The highest BCUT2D eigenvalue weighted by Gasteiger charge is 2.14. The minimum atomic E-state index is -0.572. The minimum Gasteiger partial charge on any atom is -0.497 e. The number of nitriles is 1. The summed E-state index contributed by atoms with van der Waals surface area (Å²) in [4.78, 5) is 12.1. The van der Waals surface area contributed by atoms with Crippen molar-refractivity contribution >= 4 is 17.3 Å². The molecule has 2 rings (SSSR count). The third-order valence-electron chi connectivity index (χ3n) is 3.01. The third kappa shape index (κ3) is 4.25. The summed E-state index contributed by atoms with van der Waals surface area (Å²) in [7, 11) is 1.57. The molecule has 0 heterocycles. The van der Waals surface area contributed by atoms with Gasteiger partial charge in [0.2, 0.25) is 0 Å². The first-order chi connectivity index (χ1) is 11.1. The Balaban J connectivity index is 2.14. The van der Waals surface area contributed by atoms with Crippen molar-refractivity contribution in [3.05, 3.63) is 66.0 Å². The maximum Gasteiger partial charge on any atom is 0.270 e. The Labute approximate surface area is 134 Å². The standard InChI is InChI=1S/C17H16N4O2/c1-23-14-9-7-13(8-10-14)20-16(19)15(11-18)17(22)21-12-5-3-2-4-6-12/h2-10,20H,19H2,1H3,(H,21,22). The van der Waals surface area contributed by atoms with Gasteiger partial charge < -0.3 is 21.1 Å². The Kier molecular flexibility index (Phi) is 5.21. The van der Waals surface area contributed by atoms with Crippen LogP contribution >= 0.6 is 0 Å². The smallest absolute Gasteiger partial charge is 0.270 e. The lowest BCUT2D eigenvalue weighted by molar-refractivity contribution is -0.112. The van der Waals surface area contributed by atoms with E-state index in [0.717, 1.165) is 0 Å². The fraction of sp³-hybridized carbons (Fsp3) is 0.0588. The van der Waals surface area contributed by atoms with E-state index in [4.69, 9.17) is 10.5 Å². The summed E-state index contributed by atoms with van der Waals surface area (Å²) >= 11 is 0. The second kappa shape index (κ2) is 7.52. The number of rotatable bonds is 5. The molecule has 6 heteroatoms. The van der Waals surface area contributed by atoms with Crippen molar-refractivity contribution in [1.29, 1.82) is 5.26 Å². The molecule has 0 atom stereocenters. The highest BCUT2D eigenvalue weighted by Crippen LogP contribution is 2.17. The Bertz CT molecular complexity index is 746. The number of carbonyl (C=O) groups is 1. The lowest BCUT2D eigenvalue weighted by Gasteiger charge is -2.10. The highest BCUT2D eigenvalue weighted by molar-refractivity contribution is 6.07. The van der Waals surface area contributed by atoms with Gasteiger partial charge in [-0.25, -0.2) is 0 Å². The summed E-state index contributed by atoms with van der Waals surface area (Å²) in [6.45, 7) is 0. The number of benzene rings is 2. The Morgan fingerprint density at radius 2 is 1.65 bits per heavy atom. The maximum absolute atomic E-state index is 12.1. The number of carbonyl (C=O) groups excluding carboxylic acids is 1. The van der Waals surface area contributed by atoms with Crippen molar-refractivity contribution in [1.82, 2.24) is 0 Å². The number of nitrogens with one attached hydrogen (secondary N) is 2. The van der Waals surface area contributed by atoms with Gasteiger partial charge in [-0.15, -0.1) is 0 Å². The quantitative estimate of drug-likeness (QED) is 0.582. The lowest BCUT2D eigenvalue weighted by atomic mass is 10.2. The zero-order chi connectivity index (χ0) is 16.7. The van der Waals surface area contributed by atoms with E-state index in [-0.39, 0.29) is 11.4 Å². The number of methoxy groups -OCH3 is 1. The number of amides is 1. The van der Waals surface area contributed by atoms with Gasteiger partial charge in [0.25, 0.3) is 5.91 Å². The van der Waals surface area contributed by atoms with E-state index in [1.165, 1.54) is 0 Å². The Hall–Kier alpha value is -3.46. The van der Waals surface area contributed by atoms with Crippen molar-refractivity contribution in [2.45, 2.75) is 0 Å². The van der Waals surface area contributed by atoms with Gasteiger partial charge in [-0.1, -0.05) is 18.2 Å². The molecule has 0 bridgehead atoms. The molecule has 0 saturated carbocycles. The van der Waals surface area contributed by atoms with Gasteiger partial charge >= 0.3 is 0 Å². The molecule has 0 spiro atoms. The van der Waals surface area contributed by atoms with Gasteiger partial charge in [-0.3, -0.25) is 4.79 Å². The normalized spacial score (nSPS) is 11.0. The summed E-state index contributed by atoms with van der Waals surface area (Å²) in [5.41, 5.74) is 6.88. The molecule has 6 nitrogen and oxygen atoms in total. The first-order valence-electron chi connectivity index (χ1n) is 6.81. The van der Waals surface area contributed by atoms with Crippen molar-refractivity contribution < 1.29 is 9.53 Å². The van der Waals surface area contributed by atoms with Crippen LogP contribution in [0.25, 0.3) is 0 Å². The number of nitrogens with two attached hydrogens (primary N) is 1. The molecule has 1 amide bonds. The van der Waals surface area contributed by atoms with E-state index >= 15 is 0 Å². The van der Waals surface area contributed by atoms with Crippen molar-refractivity contribution in [2.75, 3.05) is 17.7 Å². The van der Waals surface area contributed by atoms with E-state index in [2.05, 4.69) is 10.6 Å². The van der Waals surface area contributed by atoms with Crippen LogP contribution in [0, 0.1) is 11.3 Å². The molecule has 0 saturated heterocycles. The van der Waals surface area contributed by atoms with Gasteiger partial charge in [-0.2, -0.15) is 5.26 Å². The average molecular weight is 308 g/mol. The first-order valence-corrected chi connectivity index (χ1v) is 6.81. The SMILES string of the molecule is COc1ccc(NC(N)=C(C#N)C(=O)Nc2ccccc2)cc1. The van der Waals surface area contributed by atoms with Crippen LogP contribution in [-0.4, -0.2) is 13.0 Å². The van der Waals surface area contributed by atoms with Gasteiger partial charge in [0, 0.05) is 11.4 Å². The van der Waals surface area contributed by atoms with E-state index in [1.54, 1.807) is 55.6 Å². The minimum absolute atomic E-state index is 0.0221. The van der Waals surface area contributed by atoms with Crippen LogP contribution in [0.2, 0.25) is 0 Å². The Morgan fingerprint density at radius 1 is 1.04 bits per heavy atom. The second-order valence-electron chi connectivity index (χ2n) is 4.57. The molecule has 2 aromatic carbocycles. The third-order valence-corrected chi connectivity index (χ3v) is 3.01. The molecule has 0 unspecified atom stereocenters. The number of ether oxygens (including phenoxy) is 1. The van der Waals surface area contributed by atoms with E-state index < -0.39 is 5.91 Å². The van der Waals surface area contributed by atoms with Crippen LogP contribution in [0.1, 0.15) is 0 Å². The molecule has 116 valence electrons. The van der Waals surface area contributed by atoms with Gasteiger partial charge in [0.1, 0.15) is 17.6 Å². The van der Waals surface area contributed by atoms with E-state index in [1.807, 2.05) is 12.1 Å². The zero-order valence-electron chi connectivity index (χ0n) is 12.5. The number of nitrogens with zero attached hydrogens (tertiary/aromatic N) is 1. The van der Waals surface area contributed by atoms with Gasteiger partial charge in [-0.05, 0) is 36.4 Å². The van der Waals surface area contributed by atoms with Crippen molar-refractivity contribution in [2.24, 2.45) is 5.73 Å². The largest absolute Gasteiger partial charge is 0.497 e. The molecule has 4 N–H and O–H groups in total. The first kappa shape index (κ1) is 15.9. The summed E-state index contributed by atoms with van der Waals surface area (Å²) < 4.78 is 5.06. The van der Waals surface area contributed by atoms with Gasteiger partial charge in [0.05, 0.1) is 7.11 Å². The molecule has 0 aromatic heterocycles. The average Bonchev–Trinajstić information content (AvgIpc) is 2.57. The fourth-order valence-electron chi connectivity index (χ4n) is 1.84. The van der Waals surface area contributed by atoms with Gasteiger partial charge in [0.15, 0.2) is 5.57 Å². The van der Waals surface area contributed by atoms with Crippen LogP contribution in [0.4, 0.5) is 11.4 Å². The monoisotopic (exact) mass is 308 g/mol. The number of hydrogen-bond donors (Lipinski definition) is 3. The number of para-hydroxylation sites is 1. The summed E-state index contributed by atoms with van der Waals surface area (Å²) in [5.74, 6) is 0.101. The molecule has 23 heavy (non-hydrogen) atoms.